The number of rotatable bonds is 6. The van der Waals surface area contributed by atoms with Gasteiger partial charge in [0.05, 0.1) is 0 Å². The van der Waals surface area contributed by atoms with Crippen LogP contribution in [0.5, 0.6) is 0 Å². The van der Waals surface area contributed by atoms with E-state index >= 15 is 0 Å². The SMILES string of the molecule is CC(=O)N1CCN(C(=O)CCNC(=O)[C@H](NC(=O)OC(C)(C)C)c2ccc(C)cc2)CC1. The quantitative estimate of drug-likeness (QED) is 0.692. The number of hydrogen-bond donors (Lipinski definition) is 2. The second-order valence-corrected chi connectivity index (χ2v) is 8.92. The maximum Gasteiger partial charge on any atom is 0.408 e. The molecule has 4 amide bonds. The molecule has 9 nitrogen and oxygen atoms in total. The first kappa shape index (κ1) is 25.2. The van der Waals surface area contributed by atoms with Crippen LogP contribution in [0.15, 0.2) is 24.3 Å². The van der Waals surface area contributed by atoms with Gasteiger partial charge in [-0.25, -0.2) is 4.79 Å². The standard InChI is InChI=1S/C23H34N4O5/c1-16-6-8-18(9-7-16)20(25-22(31)32-23(3,4)5)21(30)24-11-10-19(29)27-14-12-26(13-15-27)17(2)28/h6-9,20H,10-15H2,1-5H3,(H,24,30)(H,25,31)/t20-/m1/s1. The largest absolute Gasteiger partial charge is 0.444 e. The first-order valence-corrected chi connectivity index (χ1v) is 10.8. The fourth-order valence-corrected chi connectivity index (χ4v) is 3.31. The summed E-state index contributed by atoms with van der Waals surface area (Å²) in [4.78, 5) is 52.4. The van der Waals surface area contributed by atoms with E-state index in [0.717, 1.165) is 5.56 Å². The Morgan fingerprint density at radius 3 is 2.09 bits per heavy atom. The first-order chi connectivity index (χ1) is 15.0. The maximum absolute atomic E-state index is 12.9. The highest BCUT2D eigenvalue weighted by Crippen LogP contribution is 2.16. The summed E-state index contributed by atoms with van der Waals surface area (Å²) in [6.45, 7) is 10.8. The first-order valence-electron chi connectivity index (χ1n) is 10.8. The smallest absolute Gasteiger partial charge is 0.408 e. The normalized spacial score (nSPS) is 15.0. The number of aryl methyl sites for hydroxylation is 1. The van der Waals surface area contributed by atoms with E-state index in [9.17, 15) is 19.2 Å². The van der Waals surface area contributed by atoms with Crippen LogP contribution in [0.3, 0.4) is 0 Å². The molecule has 0 bridgehead atoms. The molecule has 1 aromatic carbocycles. The molecule has 1 heterocycles. The van der Waals surface area contributed by atoms with Gasteiger partial charge in [0.1, 0.15) is 11.6 Å². The van der Waals surface area contributed by atoms with Gasteiger partial charge in [0.25, 0.3) is 0 Å². The van der Waals surface area contributed by atoms with Crippen LogP contribution in [0.4, 0.5) is 4.79 Å². The Morgan fingerprint density at radius 1 is 1.00 bits per heavy atom. The molecule has 0 saturated carbocycles. The van der Waals surface area contributed by atoms with E-state index in [1.165, 1.54) is 6.92 Å². The molecule has 32 heavy (non-hydrogen) atoms. The Balaban J connectivity index is 1.93. The van der Waals surface area contributed by atoms with Crippen molar-refractivity contribution in [1.82, 2.24) is 20.4 Å². The van der Waals surface area contributed by atoms with Gasteiger partial charge in [0.15, 0.2) is 0 Å². The van der Waals surface area contributed by atoms with E-state index in [1.807, 2.05) is 19.1 Å². The minimum atomic E-state index is -0.945. The summed E-state index contributed by atoms with van der Waals surface area (Å²) >= 11 is 0. The zero-order valence-corrected chi connectivity index (χ0v) is 19.6. The van der Waals surface area contributed by atoms with Crippen LogP contribution in [-0.2, 0) is 19.1 Å². The Kier molecular flexibility index (Phi) is 8.63. The predicted molar refractivity (Wildman–Crippen MR) is 120 cm³/mol. The molecule has 1 aliphatic heterocycles. The van der Waals surface area contributed by atoms with Crippen LogP contribution < -0.4 is 10.6 Å². The Morgan fingerprint density at radius 2 is 1.56 bits per heavy atom. The fraction of sp³-hybridized carbons (Fsp3) is 0.565. The van der Waals surface area contributed by atoms with Crippen molar-refractivity contribution in [3.63, 3.8) is 0 Å². The summed E-state index contributed by atoms with van der Waals surface area (Å²) in [7, 11) is 0. The summed E-state index contributed by atoms with van der Waals surface area (Å²) in [5.41, 5.74) is 0.948. The van der Waals surface area contributed by atoms with Crippen molar-refractivity contribution in [1.29, 1.82) is 0 Å². The molecule has 176 valence electrons. The summed E-state index contributed by atoms with van der Waals surface area (Å²) in [5.74, 6) is -0.501. The zero-order chi connectivity index (χ0) is 23.9. The molecule has 1 fully saturated rings. The van der Waals surface area contributed by atoms with Gasteiger partial charge < -0.3 is 25.2 Å². The highest BCUT2D eigenvalue weighted by molar-refractivity contribution is 5.87. The van der Waals surface area contributed by atoms with E-state index in [-0.39, 0.29) is 24.8 Å². The minimum Gasteiger partial charge on any atom is -0.444 e. The number of ether oxygens (including phenoxy) is 1. The fourth-order valence-electron chi connectivity index (χ4n) is 3.31. The summed E-state index contributed by atoms with van der Waals surface area (Å²) in [6, 6.07) is 6.32. The highest BCUT2D eigenvalue weighted by atomic mass is 16.6. The second-order valence-electron chi connectivity index (χ2n) is 8.92. The molecule has 1 atom stereocenters. The number of piperazine rings is 1. The molecule has 0 spiro atoms. The van der Waals surface area contributed by atoms with E-state index in [4.69, 9.17) is 4.74 Å². The molecule has 9 heteroatoms. The molecular formula is C23H34N4O5. The summed E-state index contributed by atoms with van der Waals surface area (Å²) in [6.07, 6.45) is -0.559. The Labute approximate surface area is 189 Å². The third-order valence-corrected chi connectivity index (χ3v) is 5.05. The van der Waals surface area contributed by atoms with Gasteiger partial charge >= 0.3 is 6.09 Å². The van der Waals surface area contributed by atoms with Crippen molar-refractivity contribution < 1.29 is 23.9 Å². The molecule has 1 saturated heterocycles. The van der Waals surface area contributed by atoms with Crippen LogP contribution in [-0.4, -0.2) is 71.9 Å². The monoisotopic (exact) mass is 446 g/mol. The van der Waals surface area contributed by atoms with Gasteiger partial charge in [-0.05, 0) is 33.3 Å². The highest BCUT2D eigenvalue weighted by Gasteiger charge is 2.26. The number of amides is 4. The summed E-state index contributed by atoms with van der Waals surface area (Å²) in [5, 5.41) is 5.36. The van der Waals surface area contributed by atoms with Gasteiger partial charge in [-0.1, -0.05) is 29.8 Å². The summed E-state index contributed by atoms with van der Waals surface area (Å²) < 4.78 is 5.29. The van der Waals surface area contributed by atoms with Gasteiger partial charge in [-0.3, -0.25) is 14.4 Å². The van der Waals surface area contributed by atoms with Crippen LogP contribution >= 0.6 is 0 Å². The van der Waals surface area contributed by atoms with Gasteiger partial charge in [-0.15, -0.1) is 0 Å². The molecule has 2 rings (SSSR count). The van der Waals surface area contributed by atoms with Crippen LogP contribution in [0, 0.1) is 6.92 Å². The lowest BCUT2D eigenvalue weighted by atomic mass is 10.0. The average molecular weight is 447 g/mol. The Bertz CT molecular complexity index is 824. The number of nitrogens with one attached hydrogen (secondary N) is 2. The van der Waals surface area contributed by atoms with E-state index in [0.29, 0.717) is 31.7 Å². The third kappa shape index (κ3) is 7.86. The number of nitrogens with zero attached hydrogens (tertiary/aromatic N) is 2. The number of alkyl carbamates (subject to hydrolysis) is 1. The lowest BCUT2D eigenvalue weighted by Crippen LogP contribution is -2.50. The second kappa shape index (κ2) is 11.0. The van der Waals surface area contributed by atoms with E-state index in [2.05, 4.69) is 10.6 Å². The number of benzene rings is 1. The topological polar surface area (TPSA) is 108 Å². The maximum atomic E-state index is 12.9. The van der Waals surface area contributed by atoms with Crippen molar-refractivity contribution in [2.75, 3.05) is 32.7 Å². The van der Waals surface area contributed by atoms with Crippen molar-refractivity contribution in [2.24, 2.45) is 0 Å². The molecule has 1 aliphatic rings. The molecule has 1 aromatic rings. The predicted octanol–water partition coefficient (Wildman–Crippen LogP) is 1.76. The van der Waals surface area contributed by atoms with E-state index < -0.39 is 23.6 Å². The van der Waals surface area contributed by atoms with Crippen LogP contribution in [0.25, 0.3) is 0 Å². The van der Waals surface area contributed by atoms with E-state index in [1.54, 1.807) is 42.7 Å². The number of carbonyl (C=O) groups excluding carboxylic acids is 4. The molecule has 0 aromatic heterocycles. The third-order valence-electron chi connectivity index (χ3n) is 5.05. The van der Waals surface area contributed by atoms with Crippen LogP contribution in [0.2, 0.25) is 0 Å². The van der Waals surface area contributed by atoms with Gasteiger partial charge in [-0.2, -0.15) is 0 Å². The molecular weight excluding hydrogens is 412 g/mol. The molecule has 0 radical (unpaired) electrons. The van der Waals surface area contributed by atoms with Crippen molar-refractivity contribution in [2.45, 2.75) is 52.7 Å². The number of hydrogen-bond acceptors (Lipinski definition) is 5. The molecule has 0 aliphatic carbocycles. The molecule has 0 unspecified atom stereocenters. The van der Waals surface area contributed by atoms with Gasteiger partial charge in [0, 0.05) is 46.1 Å². The lowest BCUT2D eigenvalue weighted by Gasteiger charge is -2.34. The van der Waals surface area contributed by atoms with Gasteiger partial charge in [0.2, 0.25) is 17.7 Å². The van der Waals surface area contributed by atoms with Crippen molar-refractivity contribution >= 4 is 23.8 Å². The zero-order valence-electron chi connectivity index (χ0n) is 19.6. The van der Waals surface area contributed by atoms with Crippen molar-refractivity contribution in [3.8, 4) is 0 Å². The lowest BCUT2D eigenvalue weighted by molar-refractivity contribution is -0.138. The Hall–Kier alpha value is -3.10. The molecule has 2 N–H and O–H groups in total. The average Bonchev–Trinajstić information content (AvgIpc) is 2.71. The van der Waals surface area contributed by atoms with Crippen molar-refractivity contribution in [3.05, 3.63) is 35.4 Å². The number of carbonyl (C=O) groups is 4. The minimum absolute atomic E-state index is 0.00370. The van der Waals surface area contributed by atoms with Crippen LogP contribution in [0.1, 0.15) is 51.3 Å².